The van der Waals surface area contributed by atoms with Gasteiger partial charge in [-0.1, -0.05) is 0 Å². The van der Waals surface area contributed by atoms with Crippen molar-refractivity contribution in [3.8, 4) is 0 Å². The van der Waals surface area contributed by atoms with Crippen LogP contribution in [-0.4, -0.2) is 66.0 Å². The highest BCUT2D eigenvalue weighted by Crippen LogP contribution is 2.20. The van der Waals surface area contributed by atoms with E-state index >= 15 is 0 Å². The van der Waals surface area contributed by atoms with Gasteiger partial charge in [-0.3, -0.25) is 14.7 Å². The van der Waals surface area contributed by atoms with Crippen molar-refractivity contribution in [1.82, 2.24) is 20.1 Å². The molecule has 2 aliphatic heterocycles. The Bertz CT molecular complexity index is 522. The normalized spacial score (nSPS) is 24.5. The van der Waals surface area contributed by atoms with Crippen LogP contribution in [0.25, 0.3) is 0 Å². The lowest BCUT2D eigenvalue weighted by Crippen LogP contribution is -2.53. The molecule has 126 valence electrons. The molecule has 2 aliphatic rings. The Labute approximate surface area is 139 Å². The molecule has 3 rings (SSSR count). The first-order valence-corrected chi connectivity index (χ1v) is 8.78. The summed E-state index contributed by atoms with van der Waals surface area (Å²) in [6.45, 7) is 6.47. The lowest BCUT2D eigenvalue weighted by molar-refractivity contribution is 0.0766. The monoisotopic (exact) mass is 316 g/mol. The molecular formula is C18H28N4O. The van der Waals surface area contributed by atoms with Crippen molar-refractivity contribution in [1.29, 1.82) is 0 Å². The Hall–Kier alpha value is -1.46. The van der Waals surface area contributed by atoms with E-state index in [1.54, 1.807) is 6.20 Å². The maximum Gasteiger partial charge on any atom is 0.253 e. The molecule has 5 heteroatoms. The van der Waals surface area contributed by atoms with Crippen LogP contribution in [0.15, 0.2) is 18.3 Å². The van der Waals surface area contributed by atoms with Crippen LogP contribution in [0.1, 0.15) is 41.7 Å². The van der Waals surface area contributed by atoms with Crippen LogP contribution in [0.3, 0.4) is 0 Å². The molecule has 1 amide bonds. The maximum atomic E-state index is 12.4. The van der Waals surface area contributed by atoms with E-state index in [-0.39, 0.29) is 11.9 Å². The first-order chi connectivity index (χ1) is 11.1. The number of likely N-dealkylation sites (tertiary alicyclic amines) is 2. The average Bonchev–Trinajstić information content (AvgIpc) is 2.56. The fraction of sp³-hybridized carbons (Fsp3) is 0.667. The number of hydrogen-bond acceptors (Lipinski definition) is 4. The molecule has 3 heterocycles. The lowest BCUT2D eigenvalue weighted by Gasteiger charge is -2.41. The van der Waals surface area contributed by atoms with Crippen molar-refractivity contribution in [3.05, 3.63) is 29.6 Å². The standard InChI is InChI=1S/C18H28N4O/c1-14-5-6-15(12-19-14)18(23)20-16-4-3-9-22(13-16)17-7-10-21(2)11-8-17/h5-6,12,16-17H,3-4,7-11,13H2,1-2H3,(H,20,23). The van der Waals surface area contributed by atoms with E-state index < -0.39 is 0 Å². The SMILES string of the molecule is Cc1ccc(C(=O)NC2CCCN(C3CCN(C)CC3)C2)cn1. The van der Waals surface area contributed by atoms with Crippen LogP contribution in [-0.2, 0) is 0 Å². The average molecular weight is 316 g/mol. The van der Waals surface area contributed by atoms with Gasteiger partial charge in [0.1, 0.15) is 0 Å². The van der Waals surface area contributed by atoms with Crippen molar-refractivity contribution in [2.45, 2.75) is 44.7 Å². The van der Waals surface area contributed by atoms with Gasteiger partial charge in [0, 0.05) is 30.5 Å². The fourth-order valence-corrected chi connectivity index (χ4v) is 3.69. The van der Waals surface area contributed by atoms with Crippen LogP contribution < -0.4 is 5.32 Å². The van der Waals surface area contributed by atoms with Gasteiger partial charge in [-0.2, -0.15) is 0 Å². The zero-order valence-corrected chi connectivity index (χ0v) is 14.3. The Morgan fingerprint density at radius 2 is 2.00 bits per heavy atom. The first kappa shape index (κ1) is 16.4. The predicted molar refractivity (Wildman–Crippen MR) is 91.6 cm³/mol. The van der Waals surface area contributed by atoms with Crippen molar-refractivity contribution in [2.75, 3.05) is 33.2 Å². The Balaban J connectivity index is 1.54. The predicted octanol–water partition coefficient (Wildman–Crippen LogP) is 1.68. The van der Waals surface area contributed by atoms with Crippen molar-refractivity contribution >= 4 is 5.91 Å². The fourth-order valence-electron chi connectivity index (χ4n) is 3.69. The van der Waals surface area contributed by atoms with Crippen LogP contribution in [0, 0.1) is 6.92 Å². The smallest absolute Gasteiger partial charge is 0.253 e. The van der Waals surface area contributed by atoms with Crippen LogP contribution >= 0.6 is 0 Å². The Morgan fingerprint density at radius 1 is 1.22 bits per heavy atom. The number of piperidine rings is 2. The summed E-state index contributed by atoms with van der Waals surface area (Å²) in [4.78, 5) is 21.6. The number of nitrogens with zero attached hydrogens (tertiary/aromatic N) is 3. The molecule has 0 aliphatic carbocycles. The van der Waals surface area contributed by atoms with Gasteiger partial charge in [0.05, 0.1) is 5.56 Å². The number of amides is 1. The van der Waals surface area contributed by atoms with Gasteiger partial charge in [0.15, 0.2) is 0 Å². The summed E-state index contributed by atoms with van der Waals surface area (Å²) in [5.41, 5.74) is 1.60. The Morgan fingerprint density at radius 3 is 2.70 bits per heavy atom. The quantitative estimate of drug-likeness (QED) is 0.922. The van der Waals surface area contributed by atoms with E-state index in [0.717, 1.165) is 18.7 Å². The van der Waals surface area contributed by atoms with Gasteiger partial charge in [-0.25, -0.2) is 0 Å². The largest absolute Gasteiger partial charge is 0.348 e. The van der Waals surface area contributed by atoms with Gasteiger partial charge < -0.3 is 10.2 Å². The molecule has 1 aromatic rings. The second-order valence-electron chi connectivity index (χ2n) is 7.03. The summed E-state index contributed by atoms with van der Waals surface area (Å²) < 4.78 is 0. The molecular weight excluding hydrogens is 288 g/mol. The summed E-state index contributed by atoms with van der Waals surface area (Å²) >= 11 is 0. The van der Waals surface area contributed by atoms with Gasteiger partial charge in [-0.05, 0) is 71.4 Å². The molecule has 0 aromatic carbocycles. The minimum absolute atomic E-state index is 0.00716. The van der Waals surface area contributed by atoms with E-state index in [1.165, 1.54) is 38.9 Å². The third-order valence-electron chi connectivity index (χ3n) is 5.17. The number of pyridine rings is 1. The molecule has 0 saturated carbocycles. The second kappa shape index (κ2) is 7.41. The highest BCUT2D eigenvalue weighted by atomic mass is 16.1. The molecule has 1 aromatic heterocycles. The zero-order valence-electron chi connectivity index (χ0n) is 14.3. The van der Waals surface area contributed by atoms with Crippen molar-refractivity contribution < 1.29 is 4.79 Å². The number of carbonyl (C=O) groups excluding carboxylic acids is 1. The van der Waals surface area contributed by atoms with Gasteiger partial charge in [0.2, 0.25) is 0 Å². The van der Waals surface area contributed by atoms with E-state index in [4.69, 9.17) is 0 Å². The number of rotatable bonds is 3. The molecule has 0 spiro atoms. The summed E-state index contributed by atoms with van der Waals surface area (Å²) in [6.07, 6.45) is 6.41. The first-order valence-electron chi connectivity index (χ1n) is 8.78. The summed E-state index contributed by atoms with van der Waals surface area (Å²) in [7, 11) is 2.20. The summed E-state index contributed by atoms with van der Waals surface area (Å²) in [5.74, 6) is 0.00716. The Kier molecular flexibility index (Phi) is 5.28. The zero-order chi connectivity index (χ0) is 16.2. The molecule has 0 bridgehead atoms. The topological polar surface area (TPSA) is 48.5 Å². The van der Waals surface area contributed by atoms with E-state index in [0.29, 0.717) is 11.6 Å². The molecule has 0 radical (unpaired) electrons. The van der Waals surface area contributed by atoms with Gasteiger partial charge in [-0.15, -0.1) is 0 Å². The minimum Gasteiger partial charge on any atom is -0.348 e. The molecule has 5 nitrogen and oxygen atoms in total. The lowest BCUT2D eigenvalue weighted by atomic mass is 9.98. The molecule has 23 heavy (non-hydrogen) atoms. The third kappa shape index (κ3) is 4.30. The molecule has 1 atom stereocenters. The minimum atomic E-state index is 0.00716. The molecule has 2 saturated heterocycles. The van der Waals surface area contributed by atoms with Gasteiger partial charge >= 0.3 is 0 Å². The molecule has 1 unspecified atom stereocenters. The van der Waals surface area contributed by atoms with Crippen LogP contribution in [0.4, 0.5) is 0 Å². The summed E-state index contributed by atoms with van der Waals surface area (Å²) in [6, 6.07) is 4.69. The highest BCUT2D eigenvalue weighted by molar-refractivity contribution is 5.94. The van der Waals surface area contributed by atoms with Gasteiger partial charge in [0.25, 0.3) is 5.91 Å². The van der Waals surface area contributed by atoms with Crippen LogP contribution in [0.2, 0.25) is 0 Å². The van der Waals surface area contributed by atoms with E-state index in [2.05, 4.69) is 27.1 Å². The number of carbonyl (C=O) groups is 1. The molecule has 2 fully saturated rings. The van der Waals surface area contributed by atoms with Crippen molar-refractivity contribution in [3.63, 3.8) is 0 Å². The van der Waals surface area contributed by atoms with E-state index in [1.807, 2.05) is 19.1 Å². The number of hydrogen-bond donors (Lipinski definition) is 1. The number of nitrogens with one attached hydrogen (secondary N) is 1. The maximum absolute atomic E-state index is 12.4. The van der Waals surface area contributed by atoms with Crippen molar-refractivity contribution in [2.24, 2.45) is 0 Å². The number of aryl methyl sites for hydroxylation is 1. The molecule has 1 N–H and O–H groups in total. The summed E-state index contributed by atoms with van der Waals surface area (Å²) in [5, 5.41) is 3.20. The van der Waals surface area contributed by atoms with Crippen LogP contribution in [0.5, 0.6) is 0 Å². The third-order valence-corrected chi connectivity index (χ3v) is 5.17. The highest BCUT2D eigenvalue weighted by Gasteiger charge is 2.28. The second-order valence-corrected chi connectivity index (χ2v) is 7.03. The van der Waals surface area contributed by atoms with E-state index in [9.17, 15) is 4.79 Å². The number of aromatic nitrogens is 1.